The predicted octanol–water partition coefficient (Wildman–Crippen LogP) is 1.01. The molecule has 7 nitrogen and oxygen atoms in total. The number of nitrogens with one attached hydrogen (secondary N) is 2. The van der Waals surface area contributed by atoms with E-state index in [-0.39, 0.29) is 17.9 Å². The monoisotopic (exact) mass is 372 g/mol. The van der Waals surface area contributed by atoms with Gasteiger partial charge in [0.05, 0.1) is 19.1 Å². The standard InChI is InChI=1S/C20H28N4O3/c1-23(9-10-27-2)7-8-24-14-16(12-20(24)26)22-19(25)11-15-13-21-18-6-4-3-5-17(15)18/h3-6,13,16,21H,7-12,14H2,1-2H3,(H,22,25)/t16-/m0/s1. The van der Waals surface area contributed by atoms with E-state index in [2.05, 4.69) is 15.2 Å². The number of para-hydroxylation sites is 1. The lowest BCUT2D eigenvalue weighted by atomic mass is 10.1. The number of carbonyl (C=O) groups excluding carboxylic acids is 2. The number of nitrogens with zero attached hydrogens (tertiary/aromatic N) is 2. The van der Waals surface area contributed by atoms with Crippen LogP contribution in [0, 0.1) is 0 Å². The number of carbonyl (C=O) groups is 2. The van der Waals surface area contributed by atoms with E-state index in [1.807, 2.05) is 42.4 Å². The molecule has 27 heavy (non-hydrogen) atoms. The number of rotatable bonds is 9. The maximum atomic E-state index is 12.4. The van der Waals surface area contributed by atoms with Crippen molar-refractivity contribution >= 4 is 22.7 Å². The fourth-order valence-electron chi connectivity index (χ4n) is 3.46. The first kappa shape index (κ1) is 19.4. The van der Waals surface area contributed by atoms with Crippen molar-refractivity contribution < 1.29 is 14.3 Å². The van der Waals surface area contributed by atoms with Gasteiger partial charge in [-0.2, -0.15) is 0 Å². The number of aromatic amines is 1. The van der Waals surface area contributed by atoms with E-state index in [4.69, 9.17) is 4.74 Å². The molecular formula is C20H28N4O3. The summed E-state index contributed by atoms with van der Waals surface area (Å²) in [5.41, 5.74) is 2.00. The molecule has 1 aliphatic rings. The van der Waals surface area contributed by atoms with Crippen LogP contribution in [0.5, 0.6) is 0 Å². The third-order valence-corrected chi connectivity index (χ3v) is 5.03. The van der Waals surface area contributed by atoms with Crippen LogP contribution < -0.4 is 5.32 Å². The van der Waals surface area contributed by atoms with Crippen LogP contribution >= 0.6 is 0 Å². The molecule has 1 aromatic carbocycles. The minimum absolute atomic E-state index is 0.0448. The van der Waals surface area contributed by atoms with Crippen LogP contribution in [0.1, 0.15) is 12.0 Å². The van der Waals surface area contributed by atoms with Gasteiger partial charge in [-0.1, -0.05) is 18.2 Å². The summed E-state index contributed by atoms with van der Waals surface area (Å²) in [6.45, 7) is 3.57. The number of likely N-dealkylation sites (N-methyl/N-ethyl adjacent to an activating group) is 1. The topological polar surface area (TPSA) is 77.7 Å². The minimum Gasteiger partial charge on any atom is -0.383 e. The fourth-order valence-corrected chi connectivity index (χ4v) is 3.46. The van der Waals surface area contributed by atoms with Gasteiger partial charge in [-0.15, -0.1) is 0 Å². The molecule has 0 radical (unpaired) electrons. The van der Waals surface area contributed by atoms with Gasteiger partial charge in [0.25, 0.3) is 0 Å². The molecule has 1 saturated heterocycles. The largest absolute Gasteiger partial charge is 0.383 e. The van der Waals surface area contributed by atoms with Gasteiger partial charge in [0.15, 0.2) is 0 Å². The van der Waals surface area contributed by atoms with Crippen LogP contribution in [-0.4, -0.2) is 79.6 Å². The molecule has 146 valence electrons. The highest BCUT2D eigenvalue weighted by molar-refractivity contribution is 5.89. The molecule has 1 fully saturated rings. The number of benzene rings is 1. The maximum Gasteiger partial charge on any atom is 0.224 e. The molecular weight excluding hydrogens is 344 g/mol. The Kier molecular flexibility index (Phi) is 6.47. The van der Waals surface area contributed by atoms with Gasteiger partial charge >= 0.3 is 0 Å². The fraction of sp³-hybridized carbons (Fsp3) is 0.500. The summed E-state index contributed by atoms with van der Waals surface area (Å²) in [5, 5.41) is 4.08. The molecule has 2 heterocycles. The lowest BCUT2D eigenvalue weighted by Gasteiger charge is -2.22. The summed E-state index contributed by atoms with van der Waals surface area (Å²) in [4.78, 5) is 31.8. The molecule has 2 N–H and O–H groups in total. The third-order valence-electron chi connectivity index (χ3n) is 5.03. The predicted molar refractivity (Wildman–Crippen MR) is 105 cm³/mol. The van der Waals surface area contributed by atoms with Crippen LogP contribution in [0.2, 0.25) is 0 Å². The summed E-state index contributed by atoms with van der Waals surface area (Å²) < 4.78 is 5.06. The first-order chi connectivity index (χ1) is 13.1. The van der Waals surface area contributed by atoms with E-state index in [0.717, 1.165) is 29.6 Å². The second kappa shape index (κ2) is 9.01. The van der Waals surface area contributed by atoms with Crippen LogP contribution in [0.15, 0.2) is 30.5 Å². The Balaban J connectivity index is 1.47. The molecule has 1 atom stereocenters. The Bertz CT molecular complexity index is 788. The van der Waals surface area contributed by atoms with Crippen molar-refractivity contribution in [3.05, 3.63) is 36.0 Å². The number of likely N-dealkylation sites (tertiary alicyclic amines) is 1. The first-order valence-corrected chi connectivity index (χ1v) is 9.36. The second-order valence-corrected chi connectivity index (χ2v) is 7.14. The molecule has 0 aliphatic carbocycles. The van der Waals surface area contributed by atoms with Crippen LogP contribution in [0.3, 0.4) is 0 Å². The van der Waals surface area contributed by atoms with E-state index in [0.29, 0.717) is 32.5 Å². The Morgan fingerprint density at radius 1 is 1.37 bits per heavy atom. The molecule has 1 aromatic heterocycles. The second-order valence-electron chi connectivity index (χ2n) is 7.14. The van der Waals surface area contributed by atoms with Crippen LogP contribution in [-0.2, 0) is 20.7 Å². The molecule has 2 amide bonds. The van der Waals surface area contributed by atoms with Gasteiger partial charge in [0.2, 0.25) is 11.8 Å². The Morgan fingerprint density at radius 3 is 3.00 bits per heavy atom. The van der Waals surface area contributed by atoms with Crippen molar-refractivity contribution in [2.75, 3.05) is 46.9 Å². The van der Waals surface area contributed by atoms with Gasteiger partial charge in [-0.3, -0.25) is 9.59 Å². The molecule has 1 aliphatic heterocycles. The molecule has 0 spiro atoms. The van der Waals surface area contributed by atoms with E-state index in [1.165, 1.54) is 0 Å². The Hall–Kier alpha value is -2.38. The molecule has 0 saturated carbocycles. The first-order valence-electron chi connectivity index (χ1n) is 9.36. The molecule has 0 unspecified atom stereocenters. The molecule has 7 heteroatoms. The maximum absolute atomic E-state index is 12.4. The number of fused-ring (bicyclic) bond motifs is 1. The zero-order valence-corrected chi connectivity index (χ0v) is 16.0. The van der Waals surface area contributed by atoms with Crippen LogP contribution in [0.25, 0.3) is 10.9 Å². The number of amides is 2. The number of methoxy groups -OCH3 is 1. The lowest BCUT2D eigenvalue weighted by molar-refractivity contribution is -0.127. The van der Waals surface area contributed by atoms with E-state index < -0.39 is 0 Å². The zero-order chi connectivity index (χ0) is 19.2. The van der Waals surface area contributed by atoms with Crippen molar-refractivity contribution in [1.82, 2.24) is 20.1 Å². The smallest absolute Gasteiger partial charge is 0.224 e. The molecule has 3 rings (SSSR count). The number of H-pyrrole nitrogens is 1. The van der Waals surface area contributed by atoms with Crippen molar-refractivity contribution in [3.8, 4) is 0 Å². The summed E-state index contributed by atoms with van der Waals surface area (Å²) >= 11 is 0. The minimum atomic E-state index is -0.112. The highest BCUT2D eigenvalue weighted by atomic mass is 16.5. The van der Waals surface area contributed by atoms with Gasteiger partial charge in [0.1, 0.15) is 0 Å². The number of aromatic nitrogens is 1. The number of hydrogen-bond acceptors (Lipinski definition) is 4. The Morgan fingerprint density at radius 2 is 2.19 bits per heavy atom. The Labute approximate surface area is 159 Å². The summed E-state index contributed by atoms with van der Waals surface area (Å²) in [6.07, 6.45) is 2.57. The van der Waals surface area contributed by atoms with Gasteiger partial charge in [-0.05, 0) is 18.7 Å². The number of hydrogen-bond donors (Lipinski definition) is 2. The van der Waals surface area contributed by atoms with Crippen molar-refractivity contribution in [2.24, 2.45) is 0 Å². The normalized spacial score (nSPS) is 17.2. The highest BCUT2D eigenvalue weighted by Gasteiger charge is 2.30. The average molecular weight is 372 g/mol. The van der Waals surface area contributed by atoms with E-state index in [1.54, 1.807) is 7.11 Å². The SMILES string of the molecule is COCCN(C)CCN1C[C@@H](NC(=O)Cc2c[nH]c3ccccc23)CC1=O. The van der Waals surface area contributed by atoms with Gasteiger partial charge in [0, 0.05) is 56.8 Å². The van der Waals surface area contributed by atoms with E-state index in [9.17, 15) is 9.59 Å². The van der Waals surface area contributed by atoms with Crippen molar-refractivity contribution in [2.45, 2.75) is 18.9 Å². The highest BCUT2D eigenvalue weighted by Crippen LogP contribution is 2.18. The van der Waals surface area contributed by atoms with E-state index >= 15 is 0 Å². The lowest BCUT2D eigenvalue weighted by Crippen LogP contribution is -2.39. The average Bonchev–Trinajstić information content (AvgIpc) is 3.21. The summed E-state index contributed by atoms with van der Waals surface area (Å²) in [6, 6.07) is 7.83. The summed E-state index contributed by atoms with van der Waals surface area (Å²) in [7, 11) is 3.70. The van der Waals surface area contributed by atoms with Crippen LogP contribution in [0.4, 0.5) is 0 Å². The summed E-state index contributed by atoms with van der Waals surface area (Å²) in [5.74, 6) is 0.0594. The molecule has 2 aromatic rings. The van der Waals surface area contributed by atoms with Gasteiger partial charge in [-0.25, -0.2) is 0 Å². The van der Waals surface area contributed by atoms with Crippen molar-refractivity contribution in [1.29, 1.82) is 0 Å². The zero-order valence-electron chi connectivity index (χ0n) is 16.0. The third kappa shape index (κ3) is 5.08. The molecule has 0 bridgehead atoms. The van der Waals surface area contributed by atoms with Crippen molar-refractivity contribution in [3.63, 3.8) is 0 Å². The van der Waals surface area contributed by atoms with Gasteiger partial charge < -0.3 is 24.8 Å². The number of ether oxygens (including phenoxy) is 1. The quantitative estimate of drug-likeness (QED) is 0.689.